The lowest BCUT2D eigenvalue weighted by Gasteiger charge is -2.56. The maximum atomic E-state index is 12.5. The number of hydrogen-bond donors (Lipinski definition) is 1. The Morgan fingerprint density at radius 3 is 2.52 bits per heavy atom. The van der Waals surface area contributed by atoms with Crippen LogP contribution in [0.15, 0.2) is 0 Å². The highest BCUT2D eigenvalue weighted by molar-refractivity contribution is 5.75. The summed E-state index contributed by atoms with van der Waals surface area (Å²) in [5.41, 5.74) is 0.248. The zero-order valence-corrected chi connectivity index (χ0v) is 13.6. The fourth-order valence-electron chi connectivity index (χ4n) is 4.88. The van der Waals surface area contributed by atoms with E-state index in [0.29, 0.717) is 18.2 Å². The van der Waals surface area contributed by atoms with E-state index in [1.165, 1.54) is 38.5 Å². The van der Waals surface area contributed by atoms with Crippen LogP contribution < -0.4 is 5.32 Å². The lowest BCUT2D eigenvalue weighted by molar-refractivity contribution is -0.151. The highest BCUT2D eigenvalue weighted by atomic mass is 16.5. The molecule has 4 heteroatoms. The third kappa shape index (κ3) is 2.67. The summed E-state index contributed by atoms with van der Waals surface area (Å²) >= 11 is 0. The van der Waals surface area contributed by atoms with Crippen molar-refractivity contribution in [2.75, 3.05) is 13.7 Å². The predicted molar refractivity (Wildman–Crippen MR) is 83.3 cm³/mol. The second kappa shape index (κ2) is 6.15. The van der Waals surface area contributed by atoms with Gasteiger partial charge in [0.05, 0.1) is 6.10 Å². The molecule has 1 N–H and O–H groups in total. The Morgan fingerprint density at radius 1 is 1.24 bits per heavy atom. The molecule has 0 radical (unpaired) electrons. The summed E-state index contributed by atoms with van der Waals surface area (Å²) in [5.74, 6) is 0. The molecular formula is C17H30N2O2. The first kappa shape index (κ1) is 15.1. The van der Waals surface area contributed by atoms with Gasteiger partial charge in [0.15, 0.2) is 0 Å². The molecule has 4 nitrogen and oxygen atoms in total. The molecule has 0 heterocycles. The highest BCUT2D eigenvalue weighted by Crippen LogP contribution is 2.56. The van der Waals surface area contributed by atoms with E-state index in [-0.39, 0.29) is 11.4 Å². The van der Waals surface area contributed by atoms with E-state index in [9.17, 15) is 4.79 Å². The van der Waals surface area contributed by atoms with Crippen molar-refractivity contribution in [1.82, 2.24) is 10.2 Å². The largest absolute Gasteiger partial charge is 0.378 e. The van der Waals surface area contributed by atoms with Gasteiger partial charge in [0.2, 0.25) is 0 Å². The third-order valence-corrected chi connectivity index (χ3v) is 6.12. The first-order valence-corrected chi connectivity index (χ1v) is 8.82. The average Bonchev–Trinajstić information content (AvgIpc) is 3.14. The van der Waals surface area contributed by atoms with Crippen molar-refractivity contribution in [1.29, 1.82) is 0 Å². The molecule has 0 unspecified atom stereocenters. The summed E-state index contributed by atoms with van der Waals surface area (Å²) in [5, 5.41) is 3.23. The fraction of sp³-hybridized carbons (Fsp3) is 0.941. The Bertz CT molecular complexity index is 373. The van der Waals surface area contributed by atoms with Crippen LogP contribution in [0.1, 0.15) is 64.7 Å². The Kier molecular flexibility index (Phi) is 4.43. The molecule has 120 valence electrons. The summed E-state index contributed by atoms with van der Waals surface area (Å²) in [6.45, 7) is 2.86. The van der Waals surface area contributed by atoms with Crippen LogP contribution >= 0.6 is 0 Å². The molecule has 21 heavy (non-hydrogen) atoms. The van der Waals surface area contributed by atoms with Crippen LogP contribution in [0.5, 0.6) is 0 Å². The first-order chi connectivity index (χ1) is 10.2. The number of hydrogen-bond acceptors (Lipinski definition) is 2. The fourth-order valence-corrected chi connectivity index (χ4v) is 4.88. The molecule has 0 saturated heterocycles. The number of rotatable bonds is 4. The minimum absolute atomic E-state index is 0.133. The Labute approximate surface area is 128 Å². The maximum absolute atomic E-state index is 12.5. The van der Waals surface area contributed by atoms with Gasteiger partial charge in [-0.2, -0.15) is 0 Å². The van der Waals surface area contributed by atoms with Crippen LogP contribution in [0.3, 0.4) is 0 Å². The molecule has 0 aromatic rings. The summed E-state index contributed by atoms with van der Waals surface area (Å²) in [7, 11) is 1.98. The van der Waals surface area contributed by atoms with Crippen molar-refractivity contribution in [3.63, 3.8) is 0 Å². The smallest absolute Gasteiger partial charge is 0.317 e. The number of nitrogens with one attached hydrogen (secondary N) is 1. The normalized spacial score (nSPS) is 31.3. The first-order valence-electron chi connectivity index (χ1n) is 8.82. The molecule has 0 aliphatic heterocycles. The number of carbonyl (C=O) groups excluding carboxylic acids is 1. The lowest BCUT2D eigenvalue weighted by atomic mass is 9.60. The Hall–Kier alpha value is -0.770. The molecule has 2 amide bonds. The SMILES string of the molecule is CCO[C@H]1C[C@@H](N(C)C(=O)NC2CCCC2)C12CCCC2. The summed E-state index contributed by atoms with van der Waals surface area (Å²) in [6, 6.07) is 0.910. The Balaban J connectivity index is 1.61. The average molecular weight is 294 g/mol. The van der Waals surface area contributed by atoms with Crippen LogP contribution in [0, 0.1) is 5.41 Å². The molecule has 3 aliphatic rings. The van der Waals surface area contributed by atoms with Gasteiger partial charge in [0.1, 0.15) is 0 Å². The van der Waals surface area contributed by atoms with Crippen LogP contribution in [0.4, 0.5) is 4.79 Å². The Morgan fingerprint density at radius 2 is 1.90 bits per heavy atom. The number of urea groups is 1. The molecule has 0 bridgehead atoms. The van der Waals surface area contributed by atoms with E-state index in [2.05, 4.69) is 12.2 Å². The third-order valence-electron chi connectivity index (χ3n) is 6.12. The van der Waals surface area contributed by atoms with E-state index < -0.39 is 0 Å². The molecule has 1 spiro atoms. The van der Waals surface area contributed by atoms with Gasteiger partial charge in [-0.25, -0.2) is 4.79 Å². The van der Waals surface area contributed by atoms with Gasteiger partial charge in [0.25, 0.3) is 0 Å². The van der Waals surface area contributed by atoms with Crippen LogP contribution in [-0.4, -0.2) is 42.8 Å². The summed E-state index contributed by atoms with van der Waals surface area (Å²) < 4.78 is 5.95. The number of nitrogens with zero attached hydrogens (tertiary/aromatic N) is 1. The molecule has 0 aromatic carbocycles. The van der Waals surface area contributed by atoms with Gasteiger partial charge in [-0.05, 0) is 39.0 Å². The quantitative estimate of drug-likeness (QED) is 0.864. The van der Waals surface area contributed by atoms with Crippen LogP contribution in [0.25, 0.3) is 0 Å². The van der Waals surface area contributed by atoms with Crippen LogP contribution in [0.2, 0.25) is 0 Å². The van der Waals surface area contributed by atoms with Gasteiger partial charge < -0.3 is 15.0 Å². The number of amides is 2. The monoisotopic (exact) mass is 294 g/mol. The van der Waals surface area contributed by atoms with Crippen molar-refractivity contribution in [2.24, 2.45) is 5.41 Å². The van der Waals surface area contributed by atoms with Gasteiger partial charge in [-0.15, -0.1) is 0 Å². The molecule has 0 aromatic heterocycles. The van der Waals surface area contributed by atoms with E-state index in [1.54, 1.807) is 0 Å². The van der Waals surface area contributed by atoms with Gasteiger partial charge in [0, 0.05) is 31.2 Å². The zero-order chi connectivity index (χ0) is 14.9. The standard InChI is InChI=1S/C17H30N2O2/c1-3-21-15-12-14(17(15)10-6-7-11-17)19(2)16(20)18-13-8-4-5-9-13/h13-15H,3-12H2,1-2H3,(H,18,20)/t14-,15+/m1/s1. The molecular weight excluding hydrogens is 264 g/mol. The van der Waals surface area contributed by atoms with E-state index in [4.69, 9.17) is 4.74 Å². The highest BCUT2D eigenvalue weighted by Gasteiger charge is 2.58. The molecule has 2 atom stereocenters. The summed E-state index contributed by atoms with van der Waals surface area (Å²) in [4.78, 5) is 14.5. The molecule has 3 fully saturated rings. The van der Waals surface area contributed by atoms with Gasteiger partial charge in [-0.1, -0.05) is 25.7 Å². The van der Waals surface area contributed by atoms with E-state index >= 15 is 0 Å². The van der Waals surface area contributed by atoms with Gasteiger partial charge in [-0.3, -0.25) is 0 Å². The molecule has 3 rings (SSSR count). The number of carbonyl (C=O) groups is 1. The van der Waals surface area contributed by atoms with Crippen molar-refractivity contribution >= 4 is 6.03 Å². The van der Waals surface area contributed by atoms with Crippen molar-refractivity contribution in [3.8, 4) is 0 Å². The summed E-state index contributed by atoms with van der Waals surface area (Å²) in [6.07, 6.45) is 11.2. The van der Waals surface area contributed by atoms with Crippen molar-refractivity contribution < 1.29 is 9.53 Å². The van der Waals surface area contributed by atoms with E-state index in [1.807, 2.05) is 11.9 Å². The predicted octanol–water partition coefficient (Wildman–Crippen LogP) is 3.31. The molecule has 3 aliphatic carbocycles. The van der Waals surface area contributed by atoms with Crippen molar-refractivity contribution in [2.45, 2.75) is 82.9 Å². The lowest BCUT2D eigenvalue weighted by Crippen LogP contribution is -2.65. The van der Waals surface area contributed by atoms with Crippen molar-refractivity contribution in [3.05, 3.63) is 0 Å². The minimum Gasteiger partial charge on any atom is -0.378 e. The van der Waals surface area contributed by atoms with E-state index in [0.717, 1.165) is 25.9 Å². The molecule has 3 saturated carbocycles. The number of ether oxygens (including phenoxy) is 1. The zero-order valence-electron chi connectivity index (χ0n) is 13.6. The maximum Gasteiger partial charge on any atom is 0.317 e. The second-order valence-electron chi connectivity index (χ2n) is 7.18. The van der Waals surface area contributed by atoms with Gasteiger partial charge >= 0.3 is 6.03 Å². The minimum atomic E-state index is 0.133. The second-order valence-corrected chi connectivity index (χ2v) is 7.18. The van der Waals surface area contributed by atoms with Crippen LogP contribution in [-0.2, 0) is 4.74 Å². The topological polar surface area (TPSA) is 41.6 Å².